The van der Waals surface area contributed by atoms with Gasteiger partial charge in [-0.05, 0) is 62.8 Å². The van der Waals surface area contributed by atoms with Gasteiger partial charge in [-0.1, -0.05) is 0 Å². The fourth-order valence-corrected chi connectivity index (χ4v) is 4.08. The van der Waals surface area contributed by atoms with E-state index in [0.717, 1.165) is 27.5 Å². The number of hydrogen-bond donors (Lipinski definition) is 2. The van der Waals surface area contributed by atoms with Gasteiger partial charge in [-0.15, -0.1) is 0 Å². The minimum Gasteiger partial charge on any atom is -0.480 e. The molecular formula is C22H25NO6S. The summed E-state index contributed by atoms with van der Waals surface area (Å²) in [6.45, 7) is 5.64. The summed E-state index contributed by atoms with van der Waals surface area (Å²) >= 11 is 1.52. The van der Waals surface area contributed by atoms with Crippen LogP contribution in [0, 0.1) is 20.8 Å². The zero-order valence-electron chi connectivity index (χ0n) is 17.5. The number of carboxylic acids is 1. The third-order valence-corrected chi connectivity index (χ3v) is 6.03. The number of benzene rings is 1. The predicted molar refractivity (Wildman–Crippen MR) is 117 cm³/mol. The highest BCUT2D eigenvalue weighted by Crippen LogP contribution is 2.32. The number of nitrogens with one attached hydrogen (secondary N) is 1. The molecule has 1 amide bonds. The van der Waals surface area contributed by atoms with E-state index in [0.29, 0.717) is 28.9 Å². The Morgan fingerprint density at radius 3 is 2.57 bits per heavy atom. The van der Waals surface area contributed by atoms with E-state index < -0.39 is 23.5 Å². The Morgan fingerprint density at radius 2 is 1.90 bits per heavy atom. The summed E-state index contributed by atoms with van der Waals surface area (Å²) in [4.78, 5) is 36.2. The van der Waals surface area contributed by atoms with Crippen LogP contribution >= 0.6 is 11.8 Å². The first kappa shape index (κ1) is 22.0. The molecule has 0 fully saturated rings. The zero-order chi connectivity index (χ0) is 22.0. The van der Waals surface area contributed by atoms with E-state index in [-0.39, 0.29) is 12.8 Å². The number of furan rings is 1. The number of thioether (sulfide) groups is 1. The minimum atomic E-state index is -1.06. The highest BCUT2D eigenvalue weighted by atomic mass is 32.2. The summed E-state index contributed by atoms with van der Waals surface area (Å²) in [5.41, 5.74) is 3.63. The molecule has 160 valence electrons. The van der Waals surface area contributed by atoms with Gasteiger partial charge in [0.05, 0.1) is 6.26 Å². The van der Waals surface area contributed by atoms with Gasteiger partial charge in [0.25, 0.3) is 0 Å². The van der Waals surface area contributed by atoms with Crippen molar-refractivity contribution in [1.29, 1.82) is 0 Å². The summed E-state index contributed by atoms with van der Waals surface area (Å²) in [5.74, 6) is -0.834. The van der Waals surface area contributed by atoms with Crippen LogP contribution in [0.25, 0.3) is 21.9 Å². The number of aliphatic carboxylic acids is 1. The molecule has 30 heavy (non-hydrogen) atoms. The third-order valence-electron chi connectivity index (χ3n) is 5.38. The number of carboxylic acid groups (broad SMARTS) is 1. The normalized spacial score (nSPS) is 12.4. The molecule has 2 N–H and O–H groups in total. The lowest BCUT2D eigenvalue weighted by atomic mass is 9.98. The predicted octanol–water partition coefficient (Wildman–Crippen LogP) is 3.72. The smallest absolute Gasteiger partial charge is 0.339 e. The first-order valence-corrected chi connectivity index (χ1v) is 11.1. The lowest BCUT2D eigenvalue weighted by molar-refractivity contribution is -0.141. The molecule has 0 unspecified atom stereocenters. The van der Waals surface area contributed by atoms with Crippen molar-refractivity contribution < 1.29 is 23.5 Å². The zero-order valence-corrected chi connectivity index (χ0v) is 18.3. The van der Waals surface area contributed by atoms with Gasteiger partial charge in [0.1, 0.15) is 17.2 Å². The number of aryl methyl sites for hydroxylation is 3. The molecular weight excluding hydrogens is 406 g/mol. The number of rotatable bonds is 8. The first-order chi connectivity index (χ1) is 14.2. The Kier molecular flexibility index (Phi) is 6.55. The van der Waals surface area contributed by atoms with Crippen molar-refractivity contribution >= 4 is 45.6 Å². The van der Waals surface area contributed by atoms with E-state index in [1.54, 1.807) is 6.26 Å². The van der Waals surface area contributed by atoms with E-state index in [9.17, 15) is 19.5 Å². The molecule has 1 aromatic carbocycles. The van der Waals surface area contributed by atoms with Gasteiger partial charge < -0.3 is 19.3 Å². The van der Waals surface area contributed by atoms with Crippen molar-refractivity contribution in [2.75, 3.05) is 12.0 Å². The summed E-state index contributed by atoms with van der Waals surface area (Å²) in [6, 6.07) is 1.01. The van der Waals surface area contributed by atoms with Crippen LogP contribution < -0.4 is 10.9 Å². The maximum absolute atomic E-state index is 12.6. The number of amides is 1. The van der Waals surface area contributed by atoms with Crippen LogP contribution in [-0.4, -0.2) is 35.0 Å². The van der Waals surface area contributed by atoms with Crippen LogP contribution in [0.2, 0.25) is 0 Å². The summed E-state index contributed by atoms with van der Waals surface area (Å²) in [6.07, 6.45) is 4.07. The third kappa shape index (κ3) is 4.23. The van der Waals surface area contributed by atoms with Crippen LogP contribution in [0.3, 0.4) is 0 Å². The van der Waals surface area contributed by atoms with Gasteiger partial charge in [-0.2, -0.15) is 11.8 Å². The van der Waals surface area contributed by atoms with Crippen molar-refractivity contribution in [3.63, 3.8) is 0 Å². The Hall–Kier alpha value is -2.74. The molecule has 0 saturated heterocycles. The maximum atomic E-state index is 12.6. The van der Waals surface area contributed by atoms with Crippen molar-refractivity contribution in [2.45, 2.75) is 46.1 Å². The summed E-state index contributed by atoms with van der Waals surface area (Å²) in [5, 5.41) is 13.6. The molecule has 7 nitrogen and oxygen atoms in total. The molecule has 0 aliphatic rings. The largest absolute Gasteiger partial charge is 0.480 e. The maximum Gasteiger partial charge on any atom is 0.339 e. The fourth-order valence-electron chi connectivity index (χ4n) is 3.61. The van der Waals surface area contributed by atoms with E-state index in [2.05, 4.69) is 5.32 Å². The fraction of sp³-hybridized carbons (Fsp3) is 0.409. The molecule has 0 spiro atoms. The molecule has 2 heterocycles. The number of hydrogen-bond acceptors (Lipinski definition) is 6. The van der Waals surface area contributed by atoms with Crippen molar-refractivity contribution in [3.8, 4) is 0 Å². The molecule has 1 atom stereocenters. The Bertz CT molecular complexity index is 1180. The van der Waals surface area contributed by atoms with Crippen LogP contribution in [0.5, 0.6) is 0 Å². The topological polar surface area (TPSA) is 110 Å². The van der Waals surface area contributed by atoms with E-state index in [1.807, 2.05) is 33.1 Å². The van der Waals surface area contributed by atoms with Gasteiger partial charge in [-0.3, -0.25) is 4.79 Å². The van der Waals surface area contributed by atoms with E-state index >= 15 is 0 Å². The Balaban J connectivity index is 1.86. The highest BCUT2D eigenvalue weighted by molar-refractivity contribution is 7.98. The second kappa shape index (κ2) is 8.95. The molecule has 0 bridgehead atoms. The quantitative estimate of drug-likeness (QED) is 0.523. The lowest BCUT2D eigenvalue weighted by Crippen LogP contribution is -2.41. The van der Waals surface area contributed by atoms with Crippen LogP contribution in [0.1, 0.15) is 35.1 Å². The number of carbonyl (C=O) groups is 2. The minimum absolute atomic E-state index is 0.00607. The second-order valence-corrected chi connectivity index (χ2v) is 8.39. The Labute approximate surface area is 177 Å². The number of carbonyl (C=O) groups excluding carboxylic acids is 1. The van der Waals surface area contributed by atoms with Crippen LogP contribution in [-0.2, 0) is 16.0 Å². The molecule has 2 aromatic heterocycles. The Morgan fingerprint density at radius 1 is 1.17 bits per heavy atom. The van der Waals surface area contributed by atoms with Gasteiger partial charge in [0, 0.05) is 28.3 Å². The lowest BCUT2D eigenvalue weighted by Gasteiger charge is -2.14. The SMILES string of the molecule is CSCC[C@H](NC(=O)CCc1c(C)c2cc3c(C)coc3c(C)c2oc1=O)C(=O)O. The summed E-state index contributed by atoms with van der Waals surface area (Å²) in [7, 11) is 0. The molecule has 3 rings (SSSR count). The van der Waals surface area contributed by atoms with Gasteiger partial charge in [0.15, 0.2) is 0 Å². The second-order valence-electron chi connectivity index (χ2n) is 7.41. The van der Waals surface area contributed by atoms with Gasteiger partial charge in [0.2, 0.25) is 5.91 Å². The van der Waals surface area contributed by atoms with E-state index in [4.69, 9.17) is 8.83 Å². The molecule has 0 radical (unpaired) electrons. The average Bonchev–Trinajstić information content (AvgIpc) is 3.07. The summed E-state index contributed by atoms with van der Waals surface area (Å²) < 4.78 is 11.2. The molecule has 0 saturated carbocycles. The van der Waals surface area contributed by atoms with Crippen LogP contribution in [0.4, 0.5) is 0 Å². The average molecular weight is 432 g/mol. The van der Waals surface area contributed by atoms with Crippen molar-refractivity contribution in [1.82, 2.24) is 5.32 Å². The van der Waals surface area contributed by atoms with Gasteiger partial charge >= 0.3 is 11.6 Å². The molecule has 0 aliphatic carbocycles. The monoisotopic (exact) mass is 431 g/mol. The van der Waals surface area contributed by atoms with E-state index in [1.165, 1.54) is 11.8 Å². The molecule has 0 aliphatic heterocycles. The number of fused-ring (bicyclic) bond motifs is 2. The highest BCUT2D eigenvalue weighted by Gasteiger charge is 2.21. The molecule has 3 aromatic rings. The van der Waals surface area contributed by atoms with Crippen molar-refractivity contribution in [2.24, 2.45) is 0 Å². The first-order valence-electron chi connectivity index (χ1n) is 9.69. The van der Waals surface area contributed by atoms with Crippen molar-refractivity contribution in [3.05, 3.63) is 45.0 Å². The molecule has 8 heteroatoms. The van der Waals surface area contributed by atoms with Gasteiger partial charge in [-0.25, -0.2) is 9.59 Å². The van der Waals surface area contributed by atoms with Crippen LogP contribution in [0.15, 0.2) is 26.0 Å². The standard InChI is InChI=1S/C22H25NO6S/c1-11-10-28-19-13(3)20-16(9-15(11)19)12(2)14(22(27)29-20)5-6-18(24)23-17(21(25)26)7-8-30-4/h9-10,17H,5-8H2,1-4H3,(H,23,24)(H,25,26)/t17-/m0/s1.